The number of benzene rings is 2. The van der Waals surface area contributed by atoms with Crippen molar-refractivity contribution in [3.8, 4) is 5.75 Å². The minimum Gasteiger partial charge on any atom is -0.497 e. The maximum atomic E-state index is 12.9. The van der Waals surface area contributed by atoms with E-state index in [-0.39, 0.29) is 17.4 Å². The van der Waals surface area contributed by atoms with E-state index in [1.54, 1.807) is 23.1 Å². The molecule has 0 N–H and O–H groups in total. The second kappa shape index (κ2) is 6.72. The number of ether oxygens (including phenoxy) is 1. The van der Waals surface area contributed by atoms with Crippen molar-refractivity contribution in [2.45, 2.75) is 12.8 Å². The minimum atomic E-state index is -0.513. The van der Waals surface area contributed by atoms with E-state index in [4.69, 9.17) is 4.74 Å². The molecule has 0 spiro atoms. The highest BCUT2D eigenvalue weighted by Gasteiger charge is 2.26. The van der Waals surface area contributed by atoms with Gasteiger partial charge in [-0.2, -0.15) is 0 Å². The summed E-state index contributed by atoms with van der Waals surface area (Å²) in [6.45, 7) is 0.404. The monoisotopic (exact) mass is 340 g/mol. The summed E-state index contributed by atoms with van der Waals surface area (Å²) < 4.78 is 5.17. The van der Waals surface area contributed by atoms with E-state index < -0.39 is 4.92 Å². The lowest BCUT2D eigenvalue weighted by molar-refractivity contribution is -0.384. The van der Waals surface area contributed by atoms with Crippen molar-refractivity contribution >= 4 is 23.1 Å². The zero-order valence-electron chi connectivity index (χ0n) is 13.6. The van der Waals surface area contributed by atoms with Crippen molar-refractivity contribution in [1.82, 2.24) is 0 Å². The number of nitro benzene ring substituents is 1. The van der Waals surface area contributed by atoms with E-state index in [0.717, 1.165) is 0 Å². The van der Waals surface area contributed by atoms with E-state index in [1.165, 1.54) is 31.4 Å². The lowest BCUT2D eigenvalue weighted by Gasteiger charge is -2.23. The molecule has 0 bridgehead atoms. The second-order valence-corrected chi connectivity index (χ2v) is 5.67. The Balaban J connectivity index is 1.99. The molecule has 25 heavy (non-hydrogen) atoms. The average molecular weight is 340 g/mol. The fraction of sp³-hybridized carbons (Fsp3) is 0.222. The molecular formula is C18H16N2O5. The molecule has 1 heterocycles. The third-order valence-electron chi connectivity index (χ3n) is 4.15. The highest BCUT2D eigenvalue weighted by Crippen LogP contribution is 2.31. The third kappa shape index (κ3) is 3.21. The number of methoxy groups -OCH3 is 1. The van der Waals surface area contributed by atoms with Crippen LogP contribution in [0.3, 0.4) is 0 Å². The molecule has 0 atom stereocenters. The molecule has 2 aromatic carbocycles. The Kier molecular flexibility index (Phi) is 4.47. The van der Waals surface area contributed by atoms with Crippen LogP contribution >= 0.6 is 0 Å². The third-order valence-corrected chi connectivity index (χ3v) is 4.15. The molecule has 128 valence electrons. The number of nitro groups is 1. The van der Waals surface area contributed by atoms with Gasteiger partial charge in [-0.25, -0.2) is 0 Å². The Morgan fingerprint density at radius 2 is 1.92 bits per heavy atom. The van der Waals surface area contributed by atoms with E-state index in [9.17, 15) is 19.7 Å². The first kappa shape index (κ1) is 16.6. The zero-order valence-corrected chi connectivity index (χ0v) is 13.6. The molecule has 2 aromatic rings. The van der Waals surface area contributed by atoms with E-state index in [0.29, 0.717) is 42.0 Å². The number of nitrogens with zero attached hydrogens (tertiary/aromatic N) is 2. The van der Waals surface area contributed by atoms with Crippen molar-refractivity contribution in [3.63, 3.8) is 0 Å². The summed E-state index contributed by atoms with van der Waals surface area (Å²) in [7, 11) is 1.52. The molecule has 1 amide bonds. The first-order valence-corrected chi connectivity index (χ1v) is 7.79. The van der Waals surface area contributed by atoms with Crippen LogP contribution in [-0.4, -0.2) is 30.3 Å². The fourth-order valence-electron chi connectivity index (χ4n) is 2.85. The lowest BCUT2D eigenvalue weighted by Crippen LogP contribution is -2.31. The number of anilines is 1. The van der Waals surface area contributed by atoms with Gasteiger partial charge < -0.3 is 9.64 Å². The van der Waals surface area contributed by atoms with Crippen molar-refractivity contribution in [1.29, 1.82) is 0 Å². The number of Topliss-reactive ketones (excluding diaryl/α,β-unsaturated/α-hetero) is 1. The number of rotatable bonds is 3. The van der Waals surface area contributed by atoms with Crippen LogP contribution in [0.1, 0.15) is 33.6 Å². The van der Waals surface area contributed by atoms with E-state index >= 15 is 0 Å². The van der Waals surface area contributed by atoms with Gasteiger partial charge in [-0.05, 0) is 36.8 Å². The highest BCUT2D eigenvalue weighted by atomic mass is 16.6. The van der Waals surface area contributed by atoms with Crippen LogP contribution < -0.4 is 9.64 Å². The maximum absolute atomic E-state index is 12.9. The summed E-state index contributed by atoms with van der Waals surface area (Å²) in [4.78, 5) is 37.0. The van der Waals surface area contributed by atoms with Crippen molar-refractivity contribution < 1.29 is 19.2 Å². The van der Waals surface area contributed by atoms with Gasteiger partial charge in [-0.15, -0.1) is 0 Å². The fourth-order valence-corrected chi connectivity index (χ4v) is 2.85. The van der Waals surface area contributed by atoms with Gasteiger partial charge in [0.25, 0.3) is 11.6 Å². The second-order valence-electron chi connectivity index (χ2n) is 5.67. The number of fused-ring (bicyclic) bond motifs is 1. The van der Waals surface area contributed by atoms with Crippen molar-refractivity contribution in [2.75, 3.05) is 18.6 Å². The Labute approximate surface area is 144 Å². The highest BCUT2D eigenvalue weighted by molar-refractivity contribution is 6.11. The van der Waals surface area contributed by atoms with Crippen LogP contribution in [0.25, 0.3) is 0 Å². The van der Waals surface area contributed by atoms with Gasteiger partial charge >= 0.3 is 0 Å². The molecule has 1 aliphatic heterocycles. The van der Waals surface area contributed by atoms with Gasteiger partial charge in [-0.1, -0.05) is 0 Å². The number of hydrogen-bond donors (Lipinski definition) is 0. The van der Waals surface area contributed by atoms with E-state index in [1.807, 2.05) is 0 Å². The van der Waals surface area contributed by atoms with Crippen molar-refractivity contribution in [2.24, 2.45) is 0 Å². The van der Waals surface area contributed by atoms with Gasteiger partial charge in [0.1, 0.15) is 5.75 Å². The van der Waals surface area contributed by atoms with Gasteiger partial charge in [0.2, 0.25) is 0 Å². The molecule has 0 saturated carbocycles. The van der Waals surface area contributed by atoms with Gasteiger partial charge in [0.05, 0.1) is 17.7 Å². The molecule has 0 radical (unpaired) electrons. The van der Waals surface area contributed by atoms with E-state index in [2.05, 4.69) is 0 Å². The summed E-state index contributed by atoms with van der Waals surface area (Å²) in [5.74, 6) is 0.223. The summed E-state index contributed by atoms with van der Waals surface area (Å²) in [5.41, 5.74) is 1.24. The normalized spacial score (nSPS) is 13.8. The predicted molar refractivity (Wildman–Crippen MR) is 91.3 cm³/mol. The number of carbonyl (C=O) groups is 2. The first-order chi connectivity index (χ1) is 12.0. The van der Waals surface area contributed by atoms with Crippen LogP contribution in [0.15, 0.2) is 42.5 Å². The molecule has 7 nitrogen and oxygen atoms in total. The molecule has 1 aliphatic rings. The number of non-ortho nitro benzene ring substituents is 1. The topological polar surface area (TPSA) is 89.8 Å². The standard InChI is InChI=1S/C18H16N2O5/c1-25-14-8-9-16-15(11-14)17(21)3-2-10-19(16)18(22)12-4-6-13(7-5-12)20(23)24/h4-9,11H,2-3,10H2,1H3. The lowest BCUT2D eigenvalue weighted by atomic mass is 10.1. The van der Waals surface area contributed by atoms with Crippen LogP contribution in [0.5, 0.6) is 5.75 Å². The van der Waals surface area contributed by atoms with Crippen LogP contribution in [-0.2, 0) is 0 Å². The van der Waals surface area contributed by atoms with Crippen LogP contribution in [0.4, 0.5) is 11.4 Å². The maximum Gasteiger partial charge on any atom is 0.269 e. The SMILES string of the molecule is COc1ccc2c(c1)C(=O)CCCN2C(=O)c1ccc([N+](=O)[O-])cc1. The molecule has 0 unspecified atom stereocenters. The van der Waals surface area contributed by atoms with Crippen molar-refractivity contribution in [3.05, 3.63) is 63.7 Å². The Morgan fingerprint density at radius 1 is 1.20 bits per heavy atom. The first-order valence-electron chi connectivity index (χ1n) is 7.79. The van der Waals surface area contributed by atoms with Gasteiger partial charge in [-0.3, -0.25) is 19.7 Å². The largest absolute Gasteiger partial charge is 0.497 e. The Morgan fingerprint density at radius 3 is 2.56 bits per heavy atom. The molecule has 0 saturated heterocycles. The molecule has 7 heteroatoms. The Bertz CT molecular complexity index is 845. The molecule has 0 aromatic heterocycles. The minimum absolute atomic E-state index is 0.0344. The molecule has 0 fully saturated rings. The quantitative estimate of drug-likeness (QED) is 0.632. The van der Waals surface area contributed by atoms with Crippen LogP contribution in [0, 0.1) is 10.1 Å². The van der Waals surface area contributed by atoms with Gasteiger partial charge in [0, 0.05) is 36.2 Å². The number of carbonyl (C=O) groups excluding carboxylic acids is 2. The zero-order chi connectivity index (χ0) is 18.0. The molecule has 3 rings (SSSR count). The number of ketones is 1. The summed E-state index contributed by atoms with van der Waals surface area (Å²) in [6.07, 6.45) is 0.902. The summed E-state index contributed by atoms with van der Waals surface area (Å²) >= 11 is 0. The predicted octanol–water partition coefficient (Wildman–Crippen LogP) is 3.23. The Hall–Kier alpha value is -3.22. The van der Waals surface area contributed by atoms with Crippen LogP contribution in [0.2, 0.25) is 0 Å². The summed E-state index contributed by atoms with van der Waals surface area (Å²) in [6, 6.07) is 10.5. The van der Waals surface area contributed by atoms with Gasteiger partial charge in [0.15, 0.2) is 5.78 Å². The molecular weight excluding hydrogens is 324 g/mol. The average Bonchev–Trinajstić information content (AvgIpc) is 2.80. The molecule has 0 aliphatic carbocycles. The summed E-state index contributed by atoms with van der Waals surface area (Å²) in [5, 5.41) is 10.8. The number of hydrogen-bond acceptors (Lipinski definition) is 5. The smallest absolute Gasteiger partial charge is 0.269 e. The number of amides is 1.